The monoisotopic (exact) mass is 258 g/mol. The van der Waals surface area contributed by atoms with Crippen LogP contribution >= 0.6 is 0 Å². The molecule has 2 nitrogen and oxygen atoms in total. The number of aryl methyl sites for hydroxylation is 1. The number of benzene rings is 1. The van der Waals surface area contributed by atoms with Crippen LogP contribution in [0.5, 0.6) is 0 Å². The van der Waals surface area contributed by atoms with Crippen LogP contribution in [0.15, 0.2) is 30.3 Å². The van der Waals surface area contributed by atoms with Crippen LogP contribution in [0.4, 0.5) is 0 Å². The Kier molecular flexibility index (Phi) is 3.34. The van der Waals surface area contributed by atoms with Crippen molar-refractivity contribution >= 4 is 5.97 Å². The molecule has 0 amide bonds. The molecule has 3 unspecified atom stereocenters. The van der Waals surface area contributed by atoms with Gasteiger partial charge in [0.25, 0.3) is 0 Å². The van der Waals surface area contributed by atoms with Crippen molar-refractivity contribution < 1.29 is 9.90 Å². The van der Waals surface area contributed by atoms with Gasteiger partial charge < -0.3 is 5.11 Å². The van der Waals surface area contributed by atoms with Crippen LogP contribution in [0.2, 0.25) is 0 Å². The molecule has 2 aliphatic carbocycles. The van der Waals surface area contributed by atoms with E-state index >= 15 is 0 Å². The Bertz CT molecular complexity index is 454. The SMILES string of the molecule is O=C(O)C1(CCCc2ccccc2)CC2CCC1C2. The van der Waals surface area contributed by atoms with E-state index in [9.17, 15) is 9.90 Å². The van der Waals surface area contributed by atoms with Crippen molar-refractivity contribution in [2.45, 2.75) is 44.9 Å². The van der Waals surface area contributed by atoms with Crippen LogP contribution in [-0.2, 0) is 11.2 Å². The lowest BCUT2D eigenvalue weighted by atomic mass is 9.70. The number of hydrogen-bond donors (Lipinski definition) is 1. The van der Waals surface area contributed by atoms with E-state index in [-0.39, 0.29) is 0 Å². The van der Waals surface area contributed by atoms with Crippen molar-refractivity contribution in [2.75, 3.05) is 0 Å². The fraction of sp³-hybridized carbons (Fsp3) is 0.588. The molecule has 0 spiro atoms. The third-order valence-corrected chi connectivity index (χ3v) is 5.33. The van der Waals surface area contributed by atoms with Crippen LogP contribution in [0.3, 0.4) is 0 Å². The molecule has 102 valence electrons. The normalized spacial score (nSPS) is 32.6. The Hall–Kier alpha value is -1.31. The molecular weight excluding hydrogens is 236 g/mol. The van der Waals surface area contributed by atoms with E-state index in [1.54, 1.807) is 0 Å². The highest BCUT2D eigenvalue weighted by Gasteiger charge is 2.55. The largest absolute Gasteiger partial charge is 0.481 e. The Morgan fingerprint density at radius 2 is 2.05 bits per heavy atom. The minimum Gasteiger partial charge on any atom is -0.481 e. The lowest BCUT2D eigenvalue weighted by Crippen LogP contribution is -2.36. The first-order chi connectivity index (χ1) is 9.21. The Morgan fingerprint density at radius 1 is 1.26 bits per heavy atom. The first-order valence-corrected chi connectivity index (χ1v) is 7.48. The van der Waals surface area contributed by atoms with Crippen LogP contribution in [0.1, 0.15) is 44.1 Å². The van der Waals surface area contributed by atoms with Crippen molar-refractivity contribution in [1.29, 1.82) is 0 Å². The van der Waals surface area contributed by atoms with Gasteiger partial charge >= 0.3 is 5.97 Å². The van der Waals surface area contributed by atoms with Gasteiger partial charge in [-0.1, -0.05) is 36.8 Å². The molecule has 3 atom stereocenters. The Balaban J connectivity index is 1.62. The summed E-state index contributed by atoms with van der Waals surface area (Å²) >= 11 is 0. The zero-order valence-corrected chi connectivity index (χ0v) is 11.3. The summed E-state index contributed by atoms with van der Waals surface area (Å²) in [4.78, 5) is 11.8. The van der Waals surface area contributed by atoms with E-state index < -0.39 is 11.4 Å². The van der Waals surface area contributed by atoms with Crippen molar-refractivity contribution in [3.8, 4) is 0 Å². The summed E-state index contributed by atoms with van der Waals surface area (Å²) in [5, 5.41) is 9.68. The van der Waals surface area contributed by atoms with Gasteiger partial charge in [0.1, 0.15) is 0 Å². The van der Waals surface area contributed by atoms with E-state index in [4.69, 9.17) is 0 Å². The van der Waals surface area contributed by atoms with Crippen molar-refractivity contribution in [1.82, 2.24) is 0 Å². The van der Waals surface area contributed by atoms with Gasteiger partial charge in [-0.25, -0.2) is 0 Å². The molecule has 2 fully saturated rings. The molecule has 0 radical (unpaired) electrons. The van der Waals surface area contributed by atoms with Crippen LogP contribution in [-0.4, -0.2) is 11.1 Å². The molecule has 1 aromatic carbocycles. The highest BCUT2D eigenvalue weighted by molar-refractivity contribution is 5.75. The number of hydrogen-bond acceptors (Lipinski definition) is 1. The zero-order valence-electron chi connectivity index (χ0n) is 11.3. The molecule has 0 aliphatic heterocycles. The zero-order chi connectivity index (χ0) is 13.3. The first-order valence-electron chi connectivity index (χ1n) is 7.48. The molecule has 1 N–H and O–H groups in total. The molecule has 2 aliphatic rings. The summed E-state index contributed by atoms with van der Waals surface area (Å²) in [5.41, 5.74) is 0.934. The van der Waals surface area contributed by atoms with E-state index in [2.05, 4.69) is 24.3 Å². The Labute approximate surface area is 114 Å². The first kappa shape index (κ1) is 12.7. The molecule has 1 aromatic rings. The average Bonchev–Trinajstić information content (AvgIpc) is 3.01. The second-order valence-corrected chi connectivity index (χ2v) is 6.38. The van der Waals surface area contributed by atoms with Gasteiger partial charge in [-0.05, 0) is 55.9 Å². The van der Waals surface area contributed by atoms with E-state index in [0.717, 1.165) is 38.5 Å². The lowest BCUT2D eigenvalue weighted by molar-refractivity contribution is -0.153. The fourth-order valence-electron chi connectivity index (χ4n) is 4.37. The van der Waals surface area contributed by atoms with Gasteiger partial charge in [-0.3, -0.25) is 4.79 Å². The molecule has 3 rings (SSSR count). The highest BCUT2D eigenvalue weighted by Crippen LogP contribution is 2.58. The van der Waals surface area contributed by atoms with Crippen molar-refractivity contribution in [2.24, 2.45) is 17.3 Å². The quantitative estimate of drug-likeness (QED) is 0.869. The number of carboxylic acids is 1. The fourth-order valence-corrected chi connectivity index (χ4v) is 4.37. The Morgan fingerprint density at radius 3 is 2.63 bits per heavy atom. The predicted octanol–water partition coefficient (Wildman–Crippen LogP) is 3.90. The number of fused-ring (bicyclic) bond motifs is 2. The standard InChI is InChI=1S/C17H22O2/c18-16(19)17(12-14-8-9-15(17)11-14)10-4-7-13-5-2-1-3-6-13/h1-3,5-6,14-15H,4,7-12H2,(H,18,19). The minimum absolute atomic E-state index is 0.391. The third kappa shape index (κ3) is 2.29. The minimum atomic E-state index is -0.534. The summed E-state index contributed by atoms with van der Waals surface area (Å²) in [6.45, 7) is 0. The lowest BCUT2D eigenvalue weighted by Gasteiger charge is -2.33. The van der Waals surface area contributed by atoms with Gasteiger partial charge in [0.15, 0.2) is 0 Å². The average molecular weight is 258 g/mol. The number of aliphatic carboxylic acids is 1. The van der Waals surface area contributed by atoms with Gasteiger partial charge in [-0.2, -0.15) is 0 Å². The van der Waals surface area contributed by atoms with Crippen molar-refractivity contribution in [3.05, 3.63) is 35.9 Å². The molecular formula is C17H22O2. The molecule has 0 heterocycles. The number of rotatable bonds is 5. The van der Waals surface area contributed by atoms with Gasteiger partial charge in [-0.15, -0.1) is 0 Å². The van der Waals surface area contributed by atoms with Crippen LogP contribution in [0, 0.1) is 17.3 Å². The molecule has 0 saturated heterocycles. The molecule has 2 saturated carbocycles. The second kappa shape index (κ2) is 4.99. The maximum atomic E-state index is 11.8. The number of carboxylic acid groups (broad SMARTS) is 1. The predicted molar refractivity (Wildman–Crippen MR) is 74.9 cm³/mol. The van der Waals surface area contributed by atoms with E-state index in [0.29, 0.717) is 11.8 Å². The number of carbonyl (C=O) groups is 1. The van der Waals surface area contributed by atoms with Gasteiger partial charge in [0, 0.05) is 0 Å². The van der Waals surface area contributed by atoms with E-state index in [1.165, 1.54) is 12.0 Å². The summed E-state index contributed by atoms with van der Waals surface area (Å²) in [5.74, 6) is 0.608. The highest BCUT2D eigenvalue weighted by atomic mass is 16.4. The maximum absolute atomic E-state index is 11.8. The van der Waals surface area contributed by atoms with Crippen LogP contribution in [0.25, 0.3) is 0 Å². The van der Waals surface area contributed by atoms with Crippen molar-refractivity contribution in [3.63, 3.8) is 0 Å². The van der Waals surface area contributed by atoms with Gasteiger partial charge in [0.05, 0.1) is 5.41 Å². The summed E-state index contributed by atoms with van der Waals surface area (Å²) < 4.78 is 0. The van der Waals surface area contributed by atoms with Gasteiger partial charge in [0.2, 0.25) is 0 Å². The summed E-state index contributed by atoms with van der Waals surface area (Å²) in [6, 6.07) is 10.4. The smallest absolute Gasteiger partial charge is 0.309 e. The summed E-state index contributed by atoms with van der Waals surface area (Å²) in [6.07, 6.45) is 7.37. The summed E-state index contributed by atoms with van der Waals surface area (Å²) in [7, 11) is 0. The molecule has 19 heavy (non-hydrogen) atoms. The molecule has 2 heteroatoms. The molecule has 0 aromatic heterocycles. The van der Waals surface area contributed by atoms with Crippen LogP contribution < -0.4 is 0 Å². The third-order valence-electron chi connectivity index (χ3n) is 5.33. The maximum Gasteiger partial charge on any atom is 0.309 e. The topological polar surface area (TPSA) is 37.3 Å². The second-order valence-electron chi connectivity index (χ2n) is 6.38. The molecule has 2 bridgehead atoms. The van der Waals surface area contributed by atoms with E-state index in [1.807, 2.05) is 6.07 Å².